The molecule has 0 aliphatic carbocycles. The SMILES string of the molecule is CCCCCCC[Si](C)(C)O[Si](C)(C)O[Si](C)(C)O[Si](C)(C)O[Si](C)(C)c1ccc(-c2ccc(C#N)cc2)cc1. The average molecular weight is 632 g/mol. The van der Waals surface area contributed by atoms with E-state index in [9.17, 15) is 0 Å². The molecule has 0 aliphatic heterocycles. The predicted molar refractivity (Wildman–Crippen MR) is 182 cm³/mol. The summed E-state index contributed by atoms with van der Waals surface area (Å²) in [5.74, 6) is 0. The van der Waals surface area contributed by atoms with E-state index in [-0.39, 0.29) is 0 Å². The first-order valence-corrected chi connectivity index (χ1v) is 29.3. The number of hydrogen-bond donors (Lipinski definition) is 0. The molecule has 2 aromatic carbocycles. The van der Waals surface area contributed by atoms with E-state index in [4.69, 9.17) is 21.7 Å². The van der Waals surface area contributed by atoms with E-state index in [1.165, 1.54) is 43.3 Å². The molecule has 0 aliphatic rings. The maximum atomic E-state index is 9.06. The Morgan fingerprint density at radius 1 is 0.575 bits per heavy atom. The number of hydrogen-bond acceptors (Lipinski definition) is 5. The minimum atomic E-state index is -2.49. The van der Waals surface area contributed by atoms with Gasteiger partial charge in [-0.25, -0.2) is 0 Å². The number of nitriles is 1. The maximum absolute atomic E-state index is 9.06. The van der Waals surface area contributed by atoms with Crippen molar-refractivity contribution in [2.24, 2.45) is 0 Å². The Bertz CT molecular complexity index is 1110. The fraction of sp³-hybridized carbons (Fsp3) is 0.567. The lowest BCUT2D eigenvalue weighted by Gasteiger charge is -2.42. The zero-order chi connectivity index (χ0) is 30.2. The van der Waals surface area contributed by atoms with Gasteiger partial charge in [0.2, 0.25) is 8.32 Å². The van der Waals surface area contributed by atoms with Gasteiger partial charge in [-0.15, -0.1) is 0 Å². The van der Waals surface area contributed by atoms with E-state index >= 15 is 0 Å². The van der Waals surface area contributed by atoms with Crippen LogP contribution in [0.15, 0.2) is 48.5 Å². The van der Waals surface area contributed by atoms with Gasteiger partial charge in [0.15, 0.2) is 8.32 Å². The van der Waals surface area contributed by atoms with Gasteiger partial charge in [-0.2, -0.15) is 5.26 Å². The Morgan fingerprint density at radius 3 is 1.52 bits per heavy atom. The highest BCUT2D eigenvalue weighted by Gasteiger charge is 2.46. The molecule has 0 spiro atoms. The van der Waals surface area contributed by atoms with E-state index in [1.54, 1.807) is 0 Å². The molecule has 10 heteroatoms. The van der Waals surface area contributed by atoms with Crippen molar-refractivity contribution in [1.29, 1.82) is 5.26 Å². The second kappa shape index (κ2) is 14.4. The molecular formula is C30H53NO4Si5. The molecule has 0 bridgehead atoms. The molecular weight excluding hydrogens is 579 g/mol. The van der Waals surface area contributed by atoms with Crippen molar-refractivity contribution in [2.45, 2.75) is 111 Å². The molecule has 0 fully saturated rings. The van der Waals surface area contributed by atoms with Gasteiger partial charge in [0.1, 0.15) is 0 Å². The van der Waals surface area contributed by atoms with Crippen molar-refractivity contribution in [3.8, 4) is 17.2 Å². The number of rotatable bonds is 16. The lowest BCUT2D eigenvalue weighted by molar-refractivity contribution is 0.299. The van der Waals surface area contributed by atoms with Crippen LogP contribution in [0.5, 0.6) is 0 Å². The fourth-order valence-electron chi connectivity index (χ4n) is 5.59. The van der Waals surface area contributed by atoms with Crippen LogP contribution in [-0.2, 0) is 16.5 Å². The third kappa shape index (κ3) is 12.0. The summed E-state index contributed by atoms with van der Waals surface area (Å²) in [7, 11) is -11.4. The van der Waals surface area contributed by atoms with Gasteiger partial charge in [-0.3, -0.25) is 0 Å². The van der Waals surface area contributed by atoms with Crippen LogP contribution >= 0.6 is 0 Å². The second-order valence-electron chi connectivity index (χ2n) is 13.3. The summed E-state index contributed by atoms with van der Waals surface area (Å²) in [6.45, 7) is 24.4. The van der Waals surface area contributed by atoms with Crippen LogP contribution in [0.25, 0.3) is 11.1 Å². The van der Waals surface area contributed by atoms with Gasteiger partial charge in [-0.1, -0.05) is 75.4 Å². The van der Waals surface area contributed by atoms with Gasteiger partial charge in [0.25, 0.3) is 0 Å². The fourth-order valence-corrected chi connectivity index (χ4v) is 29.9. The summed E-state index contributed by atoms with van der Waals surface area (Å²) in [5, 5.41) is 10.3. The van der Waals surface area contributed by atoms with E-state index < -0.39 is 42.3 Å². The summed E-state index contributed by atoms with van der Waals surface area (Å²) in [6.07, 6.45) is 6.49. The summed E-state index contributed by atoms with van der Waals surface area (Å²) >= 11 is 0. The lowest BCUT2D eigenvalue weighted by atomic mass is 10.0. The predicted octanol–water partition coefficient (Wildman–Crippen LogP) is 8.98. The number of benzene rings is 2. The summed E-state index contributed by atoms with van der Waals surface area (Å²) < 4.78 is 27.2. The molecule has 0 amide bonds. The monoisotopic (exact) mass is 631 g/mol. The van der Waals surface area contributed by atoms with Crippen LogP contribution in [0.2, 0.25) is 71.5 Å². The topological polar surface area (TPSA) is 60.7 Å². The minimum absolute atomic E-state index is 0.672. The van der Waals surface area contributed by atoms with Crippen molar-refractivity contribution in [2.75, 3.05) is 0 Å². The Labute approximate surface area is 250 Å². The van der Waals surface area contributed by atoms with Crippen molar-refractivity contribution < 1.29 is 16.5 Å². The summed E-state index contributed by atoms with van der Waals surface area (Å²) in [4.78, 5) is 0. The molecule has 40 heavy (non-hydrogen) atoms. The molecule has 0 atom stereocenters. The highest BCUT2D eigenvalue weighted by atomic mass is 28.5. The molecule has 0 unspecified atom stereocenters. The zero-order valence-electron chi connectivity index (χ0n) is 26.9. The maximum Gasteiger partial charge on any atom is 0.314 e. The summed E-state index contributed by atoms with van der Waals surface area (Å²) in [5.41, 5.74) is 2.91. The van der Waals surface area contributed by atoms with Crippen LogP contribution in [0.4, 0.5) is 0 Å². The number of nitrogens with zero attached hydrogens (tertiary/aromatic N) is 1. The highest BCUT2D eigenvalue weighted by Crippen LogP contribution is 2.28. The average Bonchev–Trinajstić information content (AvgIpc) is 2.81. The quantitative estimate of drug-likeness (QED) is 0.137. The Kier molecular flexibility index (Phi) is 12.6. The zero-order valence-corrected chi connectivity index (χ0v) is 31.9. The molecule has 222 valence electrons. The first-order valence-electron chi connectivity index (χ1n) is 14.8. The molecule has 2 aromatic rings. The molecule has 0 saturated carbocycles. The molecule has 0 N–H and O–H groups in total. The largest absolute Gasteiger partial charge is 0.436 e. The van der Waals surface area contributed by atoms with Crippen LogP contribution in [0.1, 0.15) is 44.6 Å². The van der Waals surface area contributed by atoms with Gasteiger partial charge in [-0.05, 0) is 100.0 Å². The van der Waals surface area contributed by atoms with Crippen molar-refractivity contribution >= 4 is 47.5 Å². The first-order chi connectivity index (χ1) is 18.4. The molecule has 5 nitrogen and oxygen atoms in total. The van der Waals surface area contributed by atoms with Crippen LogP contribution in [0.3, 0.4) is 0 Å². The van der Waals surface area contributed by atoms with Crippen LogP contribution in [-0.4, -0.2) is 42.3 Å². The summed E-state index contributed by atoms with van der Waals surface area (Å²) in [6, 6.07) is 19.7. The van der Waals surface area contributed by atoms with E-state index in [2.05, 4.69) is 103 Å². The van der Waals surface area contributed by atoms with Gasteiger partial charge in [0, 0.05) is 0 Å². The lowest BCUT2D eigenvalue weighted by Crippen LogP contribution is -2.60. The van der Waals surface area contributed by atoms with E-state index in [0.29, 0.717) is 5.56 Å². The molecule has 0 aromatic heterocycles. The molecule has 2 rings (SSSR count). The normalized spacial score (nSPS) is 13.3. The first kappa shape index (κ1) is 35.1. The number of unbranched alkanes of at least 4 members (excludes halogenated alkanes) is 4. The van der Waals surface area contributed by atoms with Crippen molar-refractivity contribution in [1.82, 2.24) is 0 Å². The van der Waals surface area contributed by atoms with E-state index in [1.807, 2.05) is 24.3 Å². The Balaban J connectivity index is 2.01. The van der Waals surface area contributed by atoms with Gasteiger partial charge < -0.3 is 16.5 Å². The van der Waals surface area contributed by atoms with Gasteiger partial charge >= 0.3 is 25.7 Å². The van der Waals surface area contributed by atoms with Crippen LogP contribution < -0.4 is 5.19 Å². The molecule has 0 radical (unpaired) electrons. The third-order valence-electron chi connectivity index (χ3n) is 6.82. The Hall–Kier alpha value is -1.15. The van der Waals surface area contributed by atoms with E-state index in [0.717, 1.165) is 11.1 Å². The van der Waals surface area contributed by atoms with Crippen molar-refractivity contribution in [3.63, 3.8) is 0 Å². The second-order valence-corrected chi connectivity index (χ2v) is 32.6. The standard InChI is InChI=1S/C30H53NO4Si5/c1-12-13-14-15-16-25-36(2,3)32-38(6,7)34-40(10,11)35-39(8,9)33-37(4,5)30-23-21-29(22-24-30)28-19-17-27(26-31)18-20-28/h17-24H,12-16,25H2,1-11H3. The smallest absolute Gasteiger partial charge is 0.314 e. The molecule has 0 heterocycles. The molecule has 0 saturated heterocycles. The van der Waals surface area contributed by atoms with Crippen LogP contribution in [0, 0.1) is 11.3 Å². The highest BCUT2D eigenvalue weighted by molar-refractivity contribution is 6.94. The van der Waals surface area contributed by atoms with Crippen molar-refractivity contribution in [3.05, 3.63) is 54.1 Å². The minimum Gasteiger partial charge on any atom is -0.436 e. The Morgan fingerprint density at radius 2 is 1.02 bits per heavy atom. The van der Waals surface area contributed by atoms with Gasteiger partial charge in [0.05, 0.1) is 11.6 Å². The third-order valence-corrected chi connectivity index (χ3v) is 26.1.